The van der Waals surface area contributed by atoms with Gasteiger partial charge in [0.25, 0.3) is 0 Å². The van der Waals surface area contributed by atoms with Gasteiger partial charge in [0.1, 0.15) is 5.92 Å². The van der Waals surface area contributed by atoms with Crippen LogP contribution in [-0.2, 0) is 23.8 Å². The molecule has 0 aliphatic rings. The van der Waals surface area contributed by atoms with E-state index in [1.807, 2.05) is 0 Å². The Kier molecular flexibility index (Phi) is 10.1. The molecule has 0 amide bonds. The van der Waals surface area contributed by atoms with Gasteiger partial charge in [-0.1, -0.05) is 25.1 Å². The third-order valence-electron chi connectivity index (χ3n) is 3.83. The highest BCUT2D eigenvalue weighted by Crippen LogP contribution is 2.10. The zero-order chi connectivity index (χ0) is 20.2. The summed E-state index contributed by atoms with van der Waals surface area (Å²) in [6.07, 6.45) is -0.593. The molecule has 0 aliphatic heterocycles. The molecule has 27 heavy (non-hydrogen) atoms. The second-order valence-electron chi connectivity index (χ2n) is 5.91. The van der Waals surface area contributed by atoms with Crippen molar-refractivity contribution < 1.29 is 38.8 Å². The molecule has 8 heteroatoms. The first-order chi connectivity index (χ1) is 12.9. The molecular weight excluding hydrogens is 356 g/mol. The lowest BCUT2D eigenvalue weighted by atomic mass is 10.1. The number of carbonyl (C=O) groups excluding carboxylic acids is 3. The summed E-state index contributed by atoms with van der Waals surface area (Å²) in [5.74, 6) is -2.89. The largest absolute Gasteiger partial charge is 0.465 e. The minimum atomic E-state index is -1.74. The maximum atomic E-state index is 11.9. The van der Waals surface area contributed by atoms with E-state index in [4.69, 9.17) is 24.4 Å². The molecule has 0 radical (unpaired) electrons. The highest BCUT2D eigenvalue weighted by Gasteiger charge is 2.24. The average molecular weight is 382 g/mol. The molecule has 0 aliphatic carbocycles. The van der Waals surface area contributed by atoms with Gasteiger partial charge in [-0.25, -0.2) is 9.59 Å². The van der Waals surface area contributed by atoms with E-state index in [1.54, 1.807) is 38.1 Å². The fourth-order valence-electron chi connectivity index (χ4n) is 2.21. The Morgan fingerprint density at radius 1 is 1.00 bits per heavy atom. The summed E-state index contributed by atoms with van der Waals surface area (Å²) in [5, 5.41) is 18.0. The molecule has 1 atom stereocenters. The van der Waals surface area contributed by atoms with Gasteiger partial charge in [-0.15, -0.1) is 0 Å². The molecule has 150 valence electrons. The zero-order valence-electron chi connectivity index (χ0n) is 15.6. The zero-order valence-corrected chi connectivity index (χ0v) is 15.6. The van der Waals surface area contributed by atoms with E-state index in [0.717, 1.165) is 5.56 Å². The summed E-state index contributed by atoms with van der Waals surface area (Å²) in [4.78, 5) is 35.0. The first-order valence-corrected chi connectivity index (χ1v) is 8.78. The molecule has 1 aromatic rings. The van der Waals surface area contributed by atoms with Crippen LogP contribution in [0.3, 0.4) is 0 Å². The van der Waals surface area contributed by atoms with Crippen LogP contribution < -0.4 is 0 Å². The first-order valence-electron chi connectivity index (χ1n) is 8.78. The highest BCUT2D eigenvalue weighted by atomic mass is 16.6. The molecule has 0 aromatic heterocycles. The number of carbonyl (C=O) groups is 3. The first kappa shape index (κ1) is 22.6. The molecule has 0 bridgehead atoms. The normalized spacial score (nSPS) is 11.7. The van der Waals surface area contributed by atoms with Crippen molar-refractivity contribution in [1.82, 2.24) is 0 Å². The smallest absolute Gasteiger partial charge is 0.344 e. The third-order valence-corrected chi connectivity index (χ3v) is 3.83. The molecule has 2 N–H and O–H groups in total. The van der Waals surface area contributed by atoms with Gasteiger partial charge in [0, 0.05) is 0 Å². The van der Waals surface area contributed by atoms with Crippen LogP contribution in [0, 0.1) is 12.8 Å². The lowest BCUT2D eigenvalue weighted by molar-refractivity contribution is -0.165. The summed E-state index contributed by atoms with van der Waals surface area (Å²) >= 11 is 0. The van der Waals surface area contributed by atoms with E-state index in [1.165, 1.54) is 0 Å². The van der Waals surface area contributed by atoms with Crippen molar-refractivity contribution >= 4 is 17.9 Å². The molecule has 1 unspecified atom stereocenters. The van der Waals surface area contributed by atoms with Crippen LogP contribution in [0.4, 0.5) is 0 Å². The lowest BCUT2D eigenvalue weighted by Gasteiger charge is -2.15. The fraction of sp³-hybridized carbons (Fsp3) is 0.526. The van der Waals surface area contributed by atoms with E-state index in [0.29, 0.717) is 18.4 Å². The Morgan fingerprint density at radius 3 is 2.22 bits per heavy atom. The molecule has 1 aromatic carbocycles. The van der Waals surface area contributed by atoms with Gasteiger partial charge in [-0.05, 0) is 37.8 Å². The number of hydrogen-bond acceptors (Lipinski definition) is 8. The minimum absolute atomic E-state index is 0.0852. The van der Waals surface area contributed by atoms with Crippen LogP contribution in [0.15, 0.2) is 24.3 Å². The second-order valence-corrected chi connectivity index (χ2v) is 5.91. The van der Waals surface area contributed by atoms with Crippen molar-refractivity contribution in [3.8, 4) is 0 Å². The van der Waals surface area contributed by atoms with Gasteiger partial charge in [0.05, 0.1) is 18.8 Å². The Hall–Kier alpha value is -2.45. The van der Waals surface area contributed by atoms with E-state index < -0.39 is 36.7 Å². The van der Waals surface area contributed by atoms with E-state index in [9.17, 15) is 14.4 Å². The van der Waals surface area contributed by atoms with Crippen molar-refractivity contribution in [1.29, 1.82) is 0 Å². The van der Waals surface area contributed by atoms with Crippen LogP contribution >= 0.6 is 0 Å². The number of unbranched alkanes of at least 4 members (excludes halogenated alkanes) is 1. The number of hydrogen-bond donors (Lipinski definition) is 2. The van der Waals surface area contributed by atoms with E-state index >= 15 is 0 Å². The summed E-state index contributed by atoms with van der Waals surface area (Å²) in [7, 11) is 0. The molecule has 8 nitrogen and oxygen atoms in total. The van der Waals surface area contributed by atoms with Crippen LogP contribution in [0.1, 0.15) is 42.1 Å². The van der Waals surface area contributed by atoms with Crippen molar-refractivity contribution in [3.63, 3.8) is 0 Å². The third kappa shape index (κ3) is 8.19. The fourth-order valence-corrected chi connectivity index (χ4v) is 2.21. The number of aliphatic hydroxyl groups is 2. The molecule has 0 fully saturated rings. The lowest BCUT2D eigenvalue weighted by Crippen LogP contribution is -2.29. The van der Waals surface area contributed by atoms with Crippen LogP contribution in [0.5, 0.6) is 0 Å². The van der Waals surface area contributed by atoms with Gasteiger partial charge in [0.15, 0.2) is 12.9 Å². The Balaban J connectivity index is 2.15. The van der Waals surface area contributed by atoms with Crippen molar-refractivity contribution in [2.24, 2.45) is 5.92 Å². The average Bonchev–Trinajstić information content (AvgIpc) is 2.63. The number of aliphatic hydroxyl groups excluding tert-OH is 1. The van der Waals surface area contributed by atoms with Gasteiger partial charge < -0.3 is 24.4 Å². The second kappa shape index (κ2) is 12.0. The van der Waals surface area contributed by atoms with Crippen LogP contribution in [0.25, 0.3) is 0 Å². The van der Waals surface area contributed by atoms with E-state index in [2.05, 4.69) is 0 Å². The number of ether oxygens (including phenoxy) is 3. The summed E-state index contributed by atoms with van der Waals surface area (Å²) in [6.45, 7) is 3.12. The molecule has 0 spiro atoms. The number of aryl methyl sites for hydroxylation is 1. The Labute approximate surface area is 158 Å². The van der Waals surface area contributed by atoms with Crippen molar-refractivity contribution in [3.05, 3.63) is 35.4 Å². The SMILES string of the molecule is CCC(C(=O)OCCCCOC(=O)COC(=O)c1ccccc1C)C(O)O. The highest BCUT2D eigenvalue weighted by molar-refractivity contribution is 5.92. The monoisotopic (exact) mass is 382 g/mol. The van der Waals surface area contributed by atoms with Crippen molar-refractivity contribution in [2.75, 3.05) is 19.8 Å². The van der Waals surface area contributed by atoms with Crippen molar-refractivity contribution in [2.45, 2.75) is 39.4 Å². The topological polar surface area (TPSA) is 119 Å². The maximum Gasteiger partial charge on any atom is 0.344 e. The number of benzene rings is 1. The Morgan fingerprint density at radius 2 is 1.63 bits per heavy atom. The predicted molar refractivity (Wildman–Crippen MR) is 94.6 cm³/mol. The molecule has 1 rings (SSSR count). The van der Waals surface area contributed by atoms with Crippen LogP contribution in [0.2, 0.25) is 0 Å². The molecule has 0 saturated carbocycles. The molecule has 0 heterocycles. The quantitative estimate of drug-likeness (QED) is 0.255. The Bertz CT molecular complexity index is 626. The van der Waals surface area contributed by atoms with Gasteiger partial charge >= 0.3 is 17.9 Å². The summed E-state index contributed by atoms with van der Waals surface area (Å²) in [6, 6.07) is 6.89. The molecular formula is C19H26O8. The number of esters is 3. The minimum Gasteiger partial charge on any atom is -0.465 e. The van der Waals surface area contributed by atoms with Gasteiger partial charge in [-0.3, -0.25) is 4.79 Å². The standard InChI is InChI=1S/C19H26O8/c1-3-14(17(21)22)18(23)26-11-7-6-10-25-16(20)12-27-19(24)15-9-5-4-8-13(15)2/h4-5,8-9,14,17,21-22H,3,6-7,10-12H2,1-2H3. The summed E-state index contributed by atoms with van der Waals surface area (Å²) < 4.78 is 14.8. The van der Waals surface area contributed by atoms with Crippen LogP contribution in [-0.4, -0.2) is 54.2 Å². The molecule has 0 saturated heterocycles. The van der Waals surface area contributed by atoms with Gasteiger partial charge in [-0.2, -0.15) is 0 Å². The number of rotatable bonds is 11. The van der Waals surface area contributed by atoms with Gasteiger partial charge in [0.2, 0.25) is 0 Å². The predicted octanol–water partition coefficient (Wildman–Crippen LogP) is 1.36. The maximum absolute atomic E-state index is 11.9. The summed E-state index contributed by atoms with van der Waals surface area (Å²) in [5.41, 5.74) is 1.15. The van der Waals surface area contributed by atoms with E-state index in [-0.39, 0.29) is 19.6 Å².